The lowest BCUT2D eigenvalue weighted by molar-refractivity contribution is -0.115. The van der Waals surface area contributed by atoms with Gasteiger partial charge in [0.05, 0.1) is 11.3 Å². The predicted octanol–water partition coefficient (Wildman–Crippen LogP) is 4.44. The molecule has 2 aromatic carbocycles. The third kappa shape index (κ3) is 3.78. The predicted molar refractivity (Wildman–Crippen MR) is 110 cm³/mol. The van der Waals surface area contributed by atoms with Crippen LogP contribution in [0.5, 0.6) is 0 Å². The molecule has 0 saturated heterocycles. The van der Waals surface area contributed by atoms with Crippen LogP contribution in [-0.2, 0) is 17.6 Å². The summed E-state index contributed by atoms with van der Waals surface area (Å²) in [5.41, 5.74) is 4.95. The van der Waals surface area contributed by atoms with Crippen molar-refractivity contribution in [1.29, 1.82) is 0 Å². The van der Waals surface area contributed by atoms with E-state index in [0.29, 0.717) is 13.0 Å². The molecule has 0 spiro atoms. The Morgan fingerprint density at radius 1 is 1.11 bits per heavy atom. The Balaban J connectivity index is 1.46. The topological polar surface area (TPSA) is 49.4 Å². The third-order valence-corrected chi connectivity index (χ3v) is 5.54. The molecule has 1 aromatic heterocycles. The fourth-order valence-corrected chi connectivity index (χ4v) is 4.11. The highest BCUT2D eigenvalue weighted by Crippen LogP contribution is 2.32. The van der Waals surface area contributed by atoms with Crippen LogP contribution in [0.1, 0.15) is 26.4 Å². The summed E-state index contributed by atoms with van der Waals surface area (Å²) in [5.74, 6) is 0.00467. The highest BCUT2D eigenvalue weighted by Gasteiger charge is 2.26. The molecule has 136 valence electrons. The number of anilines is 2. The van der Waals surface area contributed by atoms with Crippen LogP contribution in [0.2, 0.25) is 0 Å². The molecule has 0 saturated carbocycles. The van der Waals surface area contributed by atoms with Gasteiger partial charge in [-0.05, 0) is 54.1 Å². The first-order chi connectivity index (χ1) is 13.1. The monoisotopic (exact) mass is 376 g/mol. The van der Waals surface area contributed by atoms with Gasteiger partial charge in [0.15, 0.2) is 0 Å². The molecule has 4 rings (SSSR count). The number of hydrogen-bond donors (Lipinski definition) is 1. The van der Waals surface area contributed by atoms with E-state index in [9.17, 15) is 9.59 Å². The zero-order valence-electron chi connectivity index (χ0n) is 15.1. The quantitative estimate of drug-likeness (QED) is 0.732. The number of amides is 2. The van der Waals surface area contributed by atoms with Crippen molar-refractivity contribution < 1.29 is 9.59 Å². The average Bonchev–Trinajstić information content (AvgIpc) is 3.31. The van der Waals surface area contributed by atoms with Gasteiger partial charge < -0.3 is 10.2 Å². The van der Waals surface area contributed by atoms with Crippen molar-refractivity contribution in [1.82, 2.24) is 0 Å². The molecule has 2 amide bonds. The Labute approximate surface area is 162 Å². The lowest BCUT2D eigenvalue weighted by Crippen LogP contribution is -2.28. The van der Waals surface area contributed by atoms with Gasteiger partial charge in [-0.25, -0.2) is 0 Å². The van der Waals surface area contributed by atoms with Crippen molar-refractivity contribution >= 4 is 34.5 Å². The fraction of sp³-hybridized carbons (Fsp3) is 0.182. The van der Waals surface area contributed by atoms with Crippen molar-refractivity contribution in [3.05, 3.63) is 81.5 Å². The normalized spacial score (nSPS) is 12.7. The van der Waals surface area contributed by atoms with E-state index in [0.717, 1.165) is 39.4 Å². The number of carbonyl (C=O) groups excluding carboxylic acids is 2. The first-order valence-electron chi connectivity index (χ1n) is 8.94. The Morgan fingerprint density at radius 2 is 2.00 bits per heavy atom. The van der Waals surface area contributed by atoms with Crippen molar-refractivity contribution in [3.63, 3.8) is 0 Å². The molecule has 4 nitrogen and oxygen atoms in total. The molecule has 3 aromatic rings. The Hall–Kier alpha value is -2.92. The highest BCUT2D eigenvalue weighted by molar-refractivity contribution is 7.12. The van der Waals surface area contributed by atoms with Gasteiger partial charge in [0.1, 0.15) is 0 Å². The first kappa shape index (κ1) is 17.5. The van der Waals surface area contributed by atoms with E-state index in [4.69, 9.17) is 0 Å². The van der Waals surface area contributed by atoms with Crippen molar-refractivity contribution in [2.45, 2.75) is 19.8 Å². The van der Waals surface area contributed by atoms with Crippen LogP contribution in [0, 0.1) is 6.92 Å². The minimum absolute atomic E-state index is 0.0370. The number of hydrogen-bond acceptors (Lipinski definition) is 3. The number of thiophene rings is 1. The van der Waals surface area contributed by atoms with Crippen LogP contribution in [0.25, 0.3) is 0 Å². The van der Waals surface area contributed by atoms with E-state index in [1.54, 1.807) is 0 Å². The molecule has 0 atom stereocenters. The van der Waals surface area contributed by atoms with Crippen molar-refractivity contribution in [3.8, 4) is 0 Å². The second kappa shape index (κ2) is 7.37. The summed E-state index contributed by atoms with van der Waals surface area (Å²) in [6.07, 6.45) is 1.15. The van der Waals surface area contributed by atoms with Crippen molar-refractivity contribution in [2.24, 2.45) is 0 Å². The summed E-state index contributed by atoms with van der Waals surface area (Å²) in [6.45, 7) is 2.69. The van der Waals surface area contributed by atoms with Gasteiger partial charge in [-0.3, -0.25) is 9.59 Å². The summed E-state index contributed by atoms with van der Waals surface area (Å²) in [4.78, 5) is 27.5. The molecule has 1 aliphatic rings. The number of fused-ring (bicyclic) bond motifs is 1. The van der Waals surface area contributed by atoms with Gasteiger partial charge in [0, 0.05) is 17.9 Å². The number of benzene rings is 2. The summed E-state index contributed by atoms with van der Waals surface area (Å²) in [6, 6.07) is 17.5. The van der Waals surface area contributed by atoms with Crippen LogP contribution in [0.4, 0.5) is 11.4 Å². The maximum Gasteiger partial charge on any atom is 0.268 e. The molecule has 0 unspecified atom stereocenters. The average molecular weight is 376 g/mol. The molecular formula is C22H20N2O2S. The molecular weight excluding hydrogens is 356 g/mol. The van der Waals surface area contributed by atoms with Gasteiger partial charge in [0.2, 0.25) is 5.91 Å². The van der Waals surface area contributed by atoms with Crippen molar-refractivity contribution in [2.75, 3.05) is 16.8 Å². The van der Waals surface area contributed by atoms with E-state index >= 15 is 0 Å². The number of nitrogens with one attached hydrogen (secondary N) is 1. The Morgan fingerprint density at radius 3 is 2.78 bits per heavy atom. The van der Waals surface area contributed by atoms with Gasteiger partial charge in [-0.2, -0.15) is 0 Å². The molecule has 0 aliphatic carbocycles. The van der Waals surface area contributed by atoms with Crippen LogP contribution in [-0.4, -0.2) is 18.4 Å². The summed E-state index contributed by atoms with van der Waals surface area (Å²) < 4.78 is 0. The van der Waals surface area contributed by atoms with Crippen LogP contribution in [0.15, 0.2) is 60.0 Å². The number of aryl methyl sites for hydroxylation is 1. The summed E-state index contributed by atoms with van der Waals surface area (Å²) in [7, 11) is 0. The molecule has 0 bridgehead atoms. The molecule has 0 radical (unpaired) electrons. The zero-order chi connectivity index (χ0) is 18.8. The number of carbonyl (C=O) groups is 2. The first-order valence-corrected chi connectivity index (χ1v) is 9.82. The van der Waals surface area contributed by atoms with Gasteiger partial charge in [-0.1, -0.05) is 35.9 Å². The van der Waals surface area contributed by atoms with Crippen LogP contribution < -0.4 is 10.2 Å². The molecule has 1 aliphatic heterocycles. The number of rotatable bonds is 4. The highest BCUT2D eigenvalue weighted by atomic mass is 32.1. The SMILES string of the molecule is Cc1cccc(CC(=O)Nc2ccc3c(c2)CCN3C(=O)c2cccs2)c1. The lowest BCUT2D eigenvalue weighted by atomic mass is 10.1. The second-order valence-corrected chi connectivity index (χ2v) is 7.69. The van der Waals surface area contributed by atoms with Crippen LogP contribution in [0.3, 0.4) is 0 Å². The second-order valence-electron chi connectivity index (χ2n) is 6.74. The number of nitrogens with zero attached hydrogens (tertiary/aromatic N) is 1. The van der Waals surface area contributed by atoms with Gasteiger partial charge in [-0.15, -0.1) is 11.3 Å². The molecule has 0 fully saturated rings. The Bertz CT molecular complexity index is 995. The summed E-state index contributed by atoms with van der Waals surface area (Å²) >= 11 is 1.46. The lowest BCUT2D eigenvalue weighted by Gasteiger charge is -2.16. The fourth-order valence-electron chi connectivity index (χ4n) is 3.44. The van der Waals surface area contributed by atoms with E-state index in [1.807, 2.05) is 71.8 Å². The minimum atomic E-state index is -0.0370. The molecule has 1 N–H and O–H groups in total. The van der Waals surface area contributed by atoms with E-state index in [2.05, 4.69) is 5.32 Å². The van der Waals surface area contributed by atoms with Gasteiger partial charge in [0.25, 0.3) is 5.91 Å². The molecule has 5 heteroatoms. The molecule has 2 heterocycles. The maximum atomic E-state index is 12.6. The Kier molecular flexibility index (Phi) is 4.77. The zero-order valence-corrected chi connectivity index (χ0v) is 15.9. The largest absolute Gasteiger partial charge is 0.326 e. The van der Waals surface area contributed by atoms with E-state index in [-0.39, 0.29) is 11.8 Å². The minimum Gasteiger partial charge on any atom is -0.326 e. The summed E-state index contributed by atoms with van der Waals surface area (Å²) in [5, 5.41) is 4.88. The standard InChI is InChI=1S/C22H20N2O2S/c1-15-4-2-5-16(12-15)13-21(25)23-18-7-8-19-17(14-18)9-10-24(19)22(26)20-6-3-11-27-20/h2-8,11-12,14H,9-10,13H2,1H3,(H,23,25). The third-order valence-electron chi connectivity index (χ3n) is 4.68. The van der Waals surface area contributed by atoms with Gasteiger partial charge >= 0.3 is 0 Å². The van der Waals surface area contributed by atoms with E-state index in [1.165, 1.54) is 11.3 Å². The molecule has 27 heavy (non-hydrogen) atoms. The maximum absolute atomic E-state index is 12.6. The van der Waals surface area contributed by atoms with Crippen LogP contribution >= 0.6 is 11.3 Å². The van der Waals surface area contributed by atoms with E-state index < -0.39 is 0 Å². The smallest absolute Gasteiger partial charge is 0.268 e.